The summed E-state index contributed by atoms with van der Waals surface area (Å²) in [4.78, 5) is 0. The van der Waals surface area contributed by atoms with Crippen molar-refractivity contribution in [2.75, 3.05) is 11.1 Å². The number of ether oxygens (including phenoxy) is 1. The first-order valence-corrected chi connectivity index (χ1v) is 13.6. The van der Waals surface area contributed by atoms with E-state index in [0.717, 1.165) is 43.5 Å². The van der Waals surface area contributed by atoms with Crippen molar-refractivity contribution in [2.24, 2.45) is 0 Å². The molecule has 4 rings (SSSR count). The van der Waals surface area contributed by atoms with E-state index in [2.05, 4.69) is 44.1 Å². The summed E-state index contributed by atoms with van der Waals surface area (Å²) in [5.74, 6) is 1.79. The maximum Gasteiger partial charge on any atom is 0.374 e. The lowest BCUT2D eigenvalue weighted by Gasteiger charge is -2.01. The molecule has 2 aromatic carbocycles. The van der Waals surface area contributed by atoms with Crippen LogP contribution in [0.5, 0.6) is 5.75 Å². The van der Waals surface area contributed by atoms with Crippen LogP contribution in [0.4, 0.5) is 5.69 Å². The molecule has 33 heavy (non-hydrogen) atoms. The topological polar surface area (TPSA) is 92.7 Å². The molecule has 2 heterocycles. The van der Waals surface area contributed by atoms with Crippen LogP contribution in [0.1, 0.15) is 32.1 Å². The Labute approximate surface area is 209 Å². The van der Waals surface area contributed by atoms with Crippen LogP contribution in [-0.2, 0) is 16.7 Å². The standard InChI is InChI=1S/C23H22Br2N2O5S/c1-2-15(11-22-26-18-13-16(24)5-7-20(18)31-22)12-23-27(9-3-4-10-33(28,29)30)19-14-17(25)6-8-21(19)32-23/h5-8,11-14H,2-4,9-10H2,1H3,(H,28,29,30)/p+1. The predicted molar refractivity (Wildman–Crippen MR) is 135 cm³/mol. The quantitative estimate of drug-likeness (QED) is 0.186. The summed E-state index contributed by atoms with van der Waals surface area (Å²) in [6.45, 7) is 2.60. The van der Waals surface area contributed by atoms with E-state index in [0.29, 0.717) is 31.2 Å². The van der Waals surface area contributed by atoms with Gasteiger partial charge in [-0.25, -0.2) is 0 Å². The van der Waals surface area contributed by atoms with Crippen LogP contribution in [0.2, 0.25) is 0 Å². The van der Waals surface area contributed by atoms with Crippen LogP contribution in [0, 0.1) is 0 Å². The molecule has 0 unspecified atom stereocenters. The van der Waals surface area contributed by atoms with Crippen LogP contribution < -0.4 is 14.6 Å². The Morgan fingerprint density at radius 1 is 1.15 bits per heavy atom. The predicted octanol–water partition coefficient (Wildman–Crippen LogP) is 6.05. The molecule has 174 valence electrons. The van der Waals surface area contributed by atoms with Crippen LogP contribution >= 0.6 is 31.9 Å². The number of rotatable bonds is 8. The third-order valence-electron chi connectivity index (χ3n) is 5.18. The summed E-state index contributed by atoms with van der Waals surface area (Å²) < 4.78 is 47.1. The number of aromatic nitrogens is 1. The Balaban J connectivity index is 1.63. The zero-order chi connectivity index (χ0) is 23.6. The molecule has 0 bridgehead atoms. The van der Waals surface area contributed by atoms with Crippen LogP contribution in [-0.4, -0.2) is 18.7 Å². The lowest BCUT2D eigenvalue weighted by Crippen LogP contribution is -2.35. The Hall–Kier alpha value is -2.14. The number of allylic oxidation sites excluding steroid dienone is 2. The van der Waals surface area contributed by atoms with Crippen LogP contribution in [0.15, 0.2) is 67.3 Å². The first kappa shape index (κ1) is 24.0. The Morgan fingerprint density at radius 3 is 2.67 bits per heavy atom. The van der Waals surface area contributed by atoms with E-state index in [-0.39, 0.29) is 5.75 Å². The summed E-state index contributed by atoms with van der Waals surface area (Å²) in [5, 5.41) is 3.27. The van der Waals surface area contributed by atoms with E-state index < -0.39 is 10.1 Å². The first-order chi connectivity index (χ1) is 15.7. The Morgan fingerprint density at radius 2 is 1.91 bits per heavy atom. The van der Waals surface area contributed by atoms with Gasteiger partial charge in [-0.1, -0.05) is 38.8 Å². The zero-order valence-corrected chi connectivity index (χ0v) is 21.8. The molecule has 0 saturated carbocycles. The molecule has 10 heteroatoms. The summed E-state index contributed by atoms with van der Waals surface area (Å²) in [6.07, 6.45) is 5.58. The van der Waals surface area contributed by atoms with Gasteiger partial charge in [-0.15, -0.1) is 0 Å². The maximum absolute atomic E-state index is 11.1. The number of aryl methyl sites for hydroxylation is 1. The van der Waals surface area contributed by atoms with Gasteiger partial charge >= 0.3 is 5.89 Å². The number of anilines is 1. The first-order valence-electron chi connectivity index (χ1n) is 10.5. The van der Waals surface area contributed by atoms with Crippen molar-refractivity contribution in [3.63, 3.8) is 0 Å². The van der Waals surface area contributed by atoms with Crippen molar-refractivity contribution < 1.29 is 26.7 Å². The molecule has 0 spiro atoms. The second kappa shape index (κ2) is 10.0. The highest BCUT2D eigenvalue weighted by atomic mass is 79.9. The van der Waals surface area contributed by atoms with E-state index in [1.807, 2.05) is 53.1 Å². The second-order valence-electron chi connectivity index (χ2n) is 7.65. The minimum atomic E-state index is -3.97. The van der Waals surface area contributed by atoms with Crippen LogP contribution in [0.3, 0.4) is 0 Å². The van der Waals surface area contributed by atoms with E-state index in [9.17, 15) is 8.42 Å². The van der Waals surface area contributed by atoms with Crippen molar-refractivity contribution in [1.29, 1.82) is 0 Å². The summed E-state index contributed by atoms with van der Waals surface area (Å²) >= 11 is 6.97. The summed E-state index contributed by atoms with van der Waals surface area (Å²) in [6, 6.07) is 11.6. The molecular formula is C23H23Br2N2O5S+. The van der Waals surface area contributed by atoms with Crippen molar-refractivity contribution >= 4 is 64.8 Å². The van der Waals surface area contributed by atoms with Crippen LogP contribution in [0.25, 0.3) is 17.2 Å². The average molecular weight is 599 g/mol. The molecule has 1 aliphatic rings. The number of benzene rings is 2. The fourth-order valence-electron chi connectivity index (χ4n) is 3.57. The highest BCUT2D eigenvalue weighted by Gasteiger charge is 2.22. The molecule has 1 aliphatic heterocycles. The van der Waals surface area contributed by atoms with Gasteiger partial charge in [0.25, 0.3) is 15.6 Å². The summed E-state index contributed by atoms with van der Waals surface area (Å²) in [7, 11) is -3.97. The number of hydrogen-bond acceptors (Lipinski definition) is 5. The molecule has 0 amide bonds. The number of halogens is 2. The van der Waals surface area contributed by atoms with Gasteiger partial charge in [-0.3, -0.25) is 4.55 Å². The molecule has 3 aromatic rings. The van der Waals surface area contributed by atoms with Crippen molar-refractivity contribution in [2.45, 2.75) is 32.7 Å². The fourth-order valence-corrected chi connectivity index (χ4v) is 4.85. The molecule has 0 aliphatic carbocycles. The normalized spacial score (nSPS) is 15.0. The highest BCUT2D eigenvalue weighted by molar-refractivity contribution is 9.10. The molecule has 2 N–H and O–H groups in total. The van der Waals surface area contributed by atoms with E-state index in [1.165, 1.54) is 0 Å². The molecular weight excluding hydrogens is 576 g/mol. The van der Waals surface area contributed by atoms with Gasteiger partial charge in [0, 0.05) is 27.5 Å². The summed E-state index contributed by atoms with van der Waals surface area (Å²) in [5.41, 5.74) is 3.52. The van der Waals surface area contributed by atoms with E-state index in [1.54, 1.807) is 0 Å². The number of nitrogens with one attached hydrogen (secondary N) is 1. The third kappa shape index (κ3) is 6.06. The van der Waals surface area contributed by atoms with Gasteiger partial charge in [-0.2, -0.15) is 13.0 Å². The Bertz CT molecular complexity index is 1360. The van der Waals surface area contributed by atoms with Gasteiger partial charge in [0.1, 0.15) is 0 Å². The molecule has 1 aromatic heterocycles. The van der Waals surface area contributed by atoms with Gasteiger partial charge in [-0.05, 0) is 48.7 Å². The van der Waals surface area contributed by atoms with Crippen molar-refractivity contribution in [3.8, 4) is 5.75 Å². The number of unbranched alkanes of at least 4 members (excludes halogenated alkanes) is 1. The molecule has 0 saturated heterocycles. The molecule has 0 atom stereocenters. The van der Waals surface area contributed by atoms with Gasteiger partial charge in [0.2, 0.25) is 5.58 Å². The fraction of sp³-hybridized carbons (Fsp3) is 0.261. The number of fused-ring (bicyclic) bond motifs is 2. The smallest absolute Gasteiger partial charge is 0.374 e. The molecule has 7 nitrogen and oxygen atoms in total. The van der Waals surface area contributed by atoms with Crippen molar-refractivity contribution in [3.05, 3.63) is 68.8 Å². The second-order valence-corrected chi connectivity index (χ2v) is 11.0. The minimum absolute atomic E-state index is 0.260. The van der Waals surface area contributed by atoms with E-state index >= 15 is 0 Å². The number of nitrogens with zero attached hydrogens (tertiary/aromatic N) is 1. The minimum Gasteiger partial charge on any atom is -0.439 e. The van der Waals surface area contributed by atoms with Gasteiger partial charge in [0.05, 0.1) is 17.5 Å². The number of oxazole rings is 1. The average Bonchev–Trinajstić information content (AvgIpc) is 3.29. The van der Waals surface area contributed by atoms with Gasteiger partial charge < -0.3 is 14.5 Å². The largest absolute Gasteiger partial charge is 0.439 e. The number of hydrogen-bond donors (Lipinski definition) is 2. The lowest BCUT2D eigenvalue weighted by atomic mass is 10.2. The molecule has 0 radical (unpaired) electrons. The maximum atomic E-state index is 11.1. The Kier molecular flexibility index (Phi) is 7.28. The zero-order valence-electron chi connectivity index (χ0n) is 17.8. The third-order valence-corrected chi connectivity index (χ3v) is 6.97. The monoisotopic (exact) mass is 597 g/mol. The molecule has 0 fully saturated rings. The van der Waals surface area contributed by atoms with Crippen molar-refractivity contribution in [1.82, 2.24) is 0 Å². The SMILES string of the molecule is CCC(=Cc1oc2ccc(Br)cc2[n+]1CCCCS(=O)(=O)O)C=C1Nc2cc(Br)ccc2O1. The van der Waals surface area contributed by atoms with E-state index in [4.69, 9.17) is 13.7 Å². The lowest BCUT2D eigenvalue weighted by molar-refractivity contribution is -0.678. The van der Waals surface area contributed by atoms with Gasteiger partial charge in [0.15, 0.2) is 18.2 Å². The highest BCUT2D eigenvalue weighted by Crippen LogP contribution is 2.36.